The Bertz CT molecular complexity index is 1180. The molecule has 2 aromatic heterocycles. The molecule has 2 aromatic carbocycles. The highest BCUT2D eigenvalue weighted by molar-refractivity contribution is 5.23. The van der Waals surface area contributed by atoms with E-state index in [1.165, 1.54) is 5.56 Å². The lowest BCUT2D eigenvalue weighted by atomic mass is 10.0. The minimum absolute atomic E-state index is 0.147. The van der Waals surface area contributed by atoms with E-state index < -0.39 is 12.1 Å². The van der Waals surface area contributed by atoms with Crippen molar-refractivity contribution in [1.82, 2.24) is 30.8 Å². The predicted octanol–water partition coefficient (Wildman–Crippen LogP) is 3.04. The molecule has 216 valence electrons. The number of hydrogen-bond acceptors (Lipinski definition) is 8. The van der Waals surface area contributed by atoms with Crippen LogP contribution in [0.3, 0.4) is 0 Å². The summed E-state index contributed by atoms with van der Waals surface area (Å²) in [4.78, 5) is 11.2. The number of benzene rings is 2. The number of aromatic nitrogens is 2. The Balaban J connectivity index is 1.27. The van der Waals surface area contributed by atoms with Gasteiger partial charge in [-0.15, -0.1) is 0 Å². The zero-order chi connectivity index (χ0) is 28.5. The summed E-state index contributed by atoms with van der Waals surface area (Å²) in [6.07, 6.45) is 2.88. The number of aliphatic hydroxyl groups is 2. The normalized spacial score (nSPS) is 12.9. The molecule has 0 saturated carbocycles. The average Bonchev–Trinajstić information content (AvgIpc) is 3.03. The average molecular weight is 555 g/mol. The Morgan fingerprint density at radius 2 is 1.22 bits per heavy atom. The smallest absolute Gasteiger partial charge is 0.0965 e. The van der Waals surface area contributed by atoms with Crippen LogP contribution >= 0.6 is 0 Å². The van der Waals surface area contributed by atoms with E-state index >= 15 is 0 Å². The van der Waals surface area contributed by atoms with Crippen LogP contribution in [-0.2, 0) is 26.2 Å². The standard InChI is InChI=1S/C33H42N6O2/c40-26-32(33(41)29-8-2-1-3-9-29)38-22-27-12-14-28(15-13-27)25-39(20-18-34-23-30-10-4-6-16-36-30)21-19-35-24-31-11-5-7-17-37-31/h1-17,32-35,38,40-41H,18-26H2/t32?,33-/m0/s1. The third kappa shape index (κ3) is 10.8. The van der Waals surface area contributed by atoms with Crippen LogP contribution in [0.1, 0.15) is 34.2 Å². The summed E-state index contributed by atoms with van der Waals surface area (Å²) in [5.74, 6) is 0. The van der Waals surface area contributed by atoms with Crippen LogP contribution in [0.4, 0.5) is 0 Å². The van der Waals surface area contributed by atoms with Crippen molar-refractivity contribution in [3.63, 3.8) is 0 Å². The maximum atomic E-state index is 10.7. The molecule has 8 nitrogen and oxygen atoms in total. The lowest BCUT2D eigenvalue weighted by molar-refractivity contribution is 0.0892. The van der Waals surface area contributed by atoms with Crippen LogP contribution in [0, 0.1) is 0 Å². The van der Waals surface area contributed by atoms with Crippen molar-refractivity contribution >= 4 is 0 Å². The highest BCUT2D eigenvalue weighted by atomic mass is 16.3. The van der Waals surface area contributed by atoms with Gasteiger partial charge in [-0.1, -0.05) is 66.7 Å². The van der Waals surface area contributed by atoms with Crippen LogP contribution in [0.25, 0.3) is 0 Å². The fraction of sp³-hybridized carbons (Fsp3) is 0.333. The van der Waals surface area contributed by atoms with Crippen LogP contribution in [-0.4, -0.2) is 63.9 Å². The summed E-state index contributed by atoms with van der Waals surface area (Å²) in [6.45, 7) is 6.32. The van der Waals surface area contributed by atoms with E-state index in [4.69, 9.17) is 0 Å². The summed E-state index contributed by atoms with van der Waals surface area (Å²) in [7, 11) is 0. The molecule has 8 heteroatoms. The lowest BCUT2D eigenvalue weighted by Gasteiger charge is -2.24. The molecule has 0 aliphatic carbocycles. The van der Waals surface area contributed by atoms with Crippen molar-refractivity contribution < 1.29 is 10.2 Å². The first kappa shape index (κ1) is 30.5. The van der Waals surface area contributed by atoms with E-state index in [-0.39, 0.29) is 6.61 Å². The van der Waals surface area contributed by atoms with Gasteiger partial charge >= 0.3 is 0 Å². The minimum atomic E-state index is -0.772. The molecule has 1 unspecified atom stereocenters. The molecule has 0 aliphatic rings. The summed E-state index contributed by atoms with van der Waals surface area (Å²) in [5.41, 5.74) is 5.22. The first-order valence-corrected chi connectivity index (χ1v) is 14.3. The fourth-order valence-electron chi connectivity index (χ4n) is 4.61. The van der Waals surface area contributed by atoms with Crippen molar-refractivity contribution in [3.8, 4) is 0 Å². The van der Waals surface area contributed by atoms with Crippen LogP contribution < -0.4 is 16.0 Å². The SMILES string of the molecule is OCC(NCc1ccc(CN(CCNCc2ccccn2)CCNCc2ccccn2)cc1)[C@@H](O)c1ccccc1. The van der Waals surface area contributed by atoms with Gasteiger partial charge in [-0.3, -0.25) is 14.9 Å². The Morgan fingerprint density at radius 3 is 1.76 bits per heavy atom. The molecule has 5 N–H and O–H groups in total. The van der Waals surface area contributed by atoms with Gasteiger partial charge in [-0.2, -0.15) is 0 Å². The Kier molecular flexibility index (Phi) is 12.9. The number of hydrogen-bond donors (Lipinski definition) is 5. The molecule has 0 bridgehead atoms. The van der Waals surface area contributed by atoms with Crippen molar-refractivity contribution in [2.45, 2.75) is 38.3 Å². The second-order valence-electron chi connectivity index (χ2n) is 10.1. The third-order valence-electron chi connectivity index (χ3n) is 6.99. The van der Waals surface area contributed by atoms with E-state index in [0.29, 0.717) is 6.54 Å². The molecule has 0 fully saturated rings. The number of pyridine rings is 2. The molecule has 0 radical (unpaired) electrons. The van der Waals surface area contributed by atoms with E-state index in [9.17, 15) is 10.2 Å². The molecule has 41 heavy (non-hydrogen) atoms. The maximum Gasteiger partial charge on any atom is 0.0965 e. The van der Waals surface area contributed by atoms with Crippen molar-refractivity contribution in [3.05, 3.63) is 131 Å². The first-order valence-electron chi connectivity index (χ1n) is 14.3. The Hall–Kier alpha value is -3.50. The summed E-state index contributed by atoms with van der Waals surface area (Å²) >= 11 is 0. The first-order chi connectivity index (χ1) is 20.2. The molecule has 0 aliphatic heterocycles. The molecule has 0 amide bonds. The molecule has 4 aromatic rings. The van der Waals surface area contributed by atoms with E-state index in [2.05, 4.69) is 55.1 Å². The number of nitrogens with one attached hydrogen (secondary N) is 3. The van der Waals surface area contributed by atoms with E-state index in [1.54, 1.807) is 0 Å². The van der Waals surface area contributed by atoms with Gasteiger partial charge in [-0.05, 0) is 41.0 Å². The quantitative estimate of drug-likeness (QED) is 0.120. The number of aliphatic hydroxyl groups excluding tert-OH is 2. The molecule has 0 saturated heterocycles. The van der Waals surface area contributed by atoms with Gasteiger partial charge in [0.15, 0.2) is 0 Å². The zero-order valence-corrected chi connectivity index (χ0v) is 23.6. The Morgan fingerprint density at radius 1 is 0.659 bits per heavy atom. The third-order valence-corrected chi connectivity index (χ3v) is 6.99. The lowest BCUT2D eigenvalue weighted by Crippen LogP contribution is -2.37. The predicted molar refractivity (Wildman–Crippen MR) is 163 cm³/mol. The zero-order valence-electron chi connectivity index (χ0n) is 23.6. The van der Waals surface area contributed by atoms with Gasteiger partial charge in [0.05, 0.1) is 30.1 Å². The highest BCUT2D eigenvalue weighted by Crippen LogP contribution is 2.17. The van der Waals surface area contributed by atoms with Crippen LogP contribution in [0.5, 0.6) is 0 Å². The van der Waals surface area contributed by atoms with Gasteiger partial charge in [0.2, 0.25) is 0 Å². The van der Waals surface area contributed by atoms with Crippen molar-refractivity contribution in [2.75, 3.05) is 32.8 Å². The highest BCUT2D eigenvalue weighted by Gasteiger charge is 2.19. The van der Waals surface area contributed by atoms with Gasteiger partial charge in [0.1, 0.15) is 0 Å². The van der Waals surface area contributed by atoms with Gasteiger partial charge in [-0.25, -0.2) is 0 Å². The molecule has 2 heterocycles. The summed E-state index contributed by atoms with van der Waals surface area (Å²) in [5, 5.41) is 30.8. The molecule has 0 spiro atoms. The largest absolute Gasteiger partial charge is 0.395 e. The summed E-state index contributed by atoms with van der Waals surface area (Å²) in [6, 6.07) is 29.5. The second kappa shape index (κ2) is 17.3. The molecular weight excluding hydrogens is 512 g/mol. The number of rotatable bonds is 18. The second-order valence-corrected chi connectivity index (χ2v) is 10.1. The van der Waals surface area contributed by atoms with E-state index in [1.807, 2.05) is 79.1 Å². The van der Waals surface area contributed by atoms with Crippen molar-refractivity contribution in [1.29, 1.82) is 0 Å². The fourth-order valence-corrected chi connectivity index (χ4v) is 4.61. The summed E-state index contributed by atoms with van der Waals surface area (Å²) < 4.78 is 0. The van der Waals surface area contributed by atoms with Gasteiger partial charge in [0, 0.05) is 64.8 Å². The monoisotopic (exact) mass is 554 g/mol. The van der Waals surface area contributed by atoms with Crippen LogP contribution in [0.15, 0.2) is 103 Å². The van der Waals surface area contributed by atoms with Gasteiger partial charge < -0.3 is 26.2 Å². The van der Waals surface area contributed by atoms with Crippen LogP contribution in [0.2, 0.25) is 0 Å². The minimum Gasteiger partial charge on any atom is -0.395 e. The number of nitrogens with zero attached hydrogens (tertiary/aromatic N) is 3. The molecule has 2 atom stereocenters. The topological polar surface area (TPSA) is 106 Å². The van der Waals surface area contributed by atoms with E-state index in [0.717, 1.165) is 68.3 Å². The molecule has 4 rings (SSSR count). The molecular formula is C33H42N6O2. The van der Waals surface area contributed by atoms with Gasteiger partial charge in [0.25, 0.3) is 0 Å². The Labute approximate surface area is 243 Å². The van der Waals surface area contributed by atoms with Crippen molar-refractivity contribution in [2.24, 2.45) is 0 Å². The maximum absolute atomic E-state index is 10.7.